The van der Waals surface area contributed by atoms with Gasteiger partial charge >= 0.3 is 0 Å². The highest BCUT2D eigenvalue weighted by molar-refractivity contribution is 5.84. The normalized spacial score (nSPS) is 12.3. The molecule has 1 aliphatic heterocycles. The van der Waals surface area contributed by atoms with E-state index in [0.717, 1.165) is 0 Å². The first-order valence-electron chi connectivity index (χ1n) is 7.83. The summed E-state index contributed by atoms with van der Waals surface area (Å²) in [4.78, 5) is 12.8. The minimum Gasteiger partial charge on any atom is -0.497 e. The van der Waals surface area contributed by atoms with Gasteiger partial charge in [-0.25, -0.2) is 0 Å². The van der Waals surface area contributed by atoms with Crippen LogP contribution in [0.3, 0.4) is 0 Å². The second-order valence-corrected chi connectivity index (χ2v) is 5.57. The summed E-state index contributed by atoms with van der Waals surface area (Å²) in [5.41, 5.74) is 0.689. The maximum absolute atomic E-state index is 12.8. The van der Waals surface area contributed by atoms with Crippen molar-refractivity contribution in [1.29, 1.82) is 0 Å². The molecule has 1 aliphatic rings. The Kier molecular flexibility index (Phi) is 3.84. The summed E-state index contributed by atoms with van der Waals surface area (Å²) in [5.74, 6) is 2.46. The Hall–Kier alpha value is -3.35. The number of benzene rings is 2. The Morgan fingerprint density at radius 3 is 2.54 bits per heavy atom. The molecule has 0 saturated heterocycles. The molecule has 3 aromatic rings. The van der Waals surface area contributed by atoms with Crippen molar-refractivity contribution in [3.8, 4) is 40.1 Å². The minimum atomic E-state index is -0.275. The van der Waals surface area contributed by atoms with Crippen LogP contribution in [0.1, 0.15) is 0 Å². The Balaban J connectivity index is 2.00. The zero-order valence-electron chi connectivity index (χ0n) is 14.5. The fraction of sp³-hybridized carbons (Fsp3) is 0.211. The van der Waals surface area contributed by atoms with Crippen molar-refractivity contribution in [3.05, 3.63) is 40.6 Å². The van der Waals surface area contributed by atoms with E-state index in [1.807, 2.05) is 0 Å². The van der Waals surface area contributed by atoms with E-state index < -0.39 is 0 Å². The summed E-state index contributed by atoms with van der Waals surface area (Å²) in [6.45, 7) is 0.102. The van der Waals surface area contributed by atoms with Gasteiger partial charge in [0.1, 0.15) is 11.3 Å². The van der Waals surface area contributed by atoms with E-state index in [2.05, 4.69) is 0 Å². The van der Waals surface area contributed by atoms with Crippen molar-refractivity contribution in [2.24, 2.45) is 0 Å². The quantitative estimate of drug-likeness (QED) is 0.710. The van der Waals surface area contributed by atoms with Gasteiger partial charge in [0, 0.05) is 11.6 Å². The van der Waals surface area contributed by atoms with Crippen molar-refractivity contribution >= 4 is 11.0 Å². The number of fused-ring (bicyclic) bond motifs is 2. The van der Waals surface area contributed by atoms with Crippen molar-refractivity contribution in [3.63, 3.8) is 0 Å². The third-order valence-electron chi connectivity index (χ3n) is 4.18. The molecule has 2 aromatic carbocycles. The molecule has 0 saturated carbocycles. The minimum absolute atomic E-state index is 0.101. The lowest BCUT2D eigenvalue weighted by Gasteiger charge is -2.12. The topological polar surface area (TPSA) is 76.4 Å². The van der Waals surface area contributed by atoms with Gasteiger partial charge in [0.15, 0.2) is 17.3 Å². The van der Waals surface area contributed by atoms with Crippen molar-refractivity contribution in [1.82, 2.24) is 0 Å². The first-order chi connectivity index (χ1) is 12.7. The maximum atomic E-state index is 12.8. The summed E-state index contributed by atoms with van der Waals surface area (Å²) < 4.78 is 32.8. The SMILES string of the molecule is COc1ccc2c(=O)c(OC)c(-c3cc(OC)c4c(c3)OCO4)oc2c1. The molecule has 2 heterocycles. The summed E-state index contributed by atoms with van der Waals surface area (Å²) in [5, 5.41) is 0.402. The van der Waals surface area contributed by atoms with E-state index in [1.54, 1.807) is 37.4 Å². The molecule has 0 N–H and O–H groups in total. The molecule has 7 heteroatoms. The smallest absolute Gasteiger partial charge is 0.235 e. The van der Waals surface area contributed by atoms with Crippen LogP contribution < -0.4 is 29.1 Å². The lowest BCUT2D eigenvalue weighted by molar-refractivity contribution is 0.171. The Morgan fingerprint density at radius 2 is 1.81 bits per heavy atom. The second-order valence-electron chi connectivity index (χ2n) is 5.57. The van der Waals surface area contributed by atoms with Crippen LogP contribution in [0.15, 0.2) is 39.5 Å². The highest BCUT2D eigenvalue weighted by Gasteiger charge is 2.24. The number of hydrogen-bond acceptors (Lipinski definition) is 7. The van der Waals surface area contributed by atoms with Crippen LogP contribution in [0, 0.1) is 0 Å². The van der Waals surface area contributed by atoms with E-state index >= 15 is 0 Å². The molecule has 26 heavy (non-hydrogen) atoms. The highest BCUT2D eigenvalue weighted by atomic mass is 16.7. The first kappa shape index (κ1) is 16.1. The molecular weight excluding hydrogens is 340 g/mol. The van der Waals surface area contributed by atoms with Gasteiger partial charge in [0.25, 0.3) is 0 Å². The molecule has 1 aromatic heterocycles. The van der Waals surface area contributed by atoms with E-state index in [1.165, 1.54) is 14.2 Å². The van der Waals surface area contributed by atoms with Crippen LogP contribution in [0.4, 0.5) is 0 Å². The molecule has 0 atom stereocenters. The van der Waals surface area contributed by atoms with Crippen LogP contribution in [0.2, 0.25) is 0 Å². The average molecular weight is 356 g/mol. The maximum Gasteiger partial charge on any atom is 0.235 e. The Labute approximate surface area is 148 Å². The molecule has 0 aliphatic carbocycles. The summed E-state index contributed by atoms with van der Waals surface area (Å²) in [7, 11) is 4.50. The average Bonchev–Trinajstić information content (AvgIpc) is 3.15. The van der Waals surface area contributed by atoms with Gasteiger partial charge in [-0.1, -0.05) is 0 Å². The summed E-state index contributed by atoms with van der Waals surface area (Å²) in [6.07, 6.45) is 0. The molecule has 0 fully saturated rings. The van der Waals surface area contributed by atoms with E-state index in [-0.39, 0.29) is 23.7 Å². The van der Waals surface area contributed by atoms with Crippen LogP contribution in [-0.4, -0.2) is 28.1 Å². The number of ether oxygens (including phenoxy) is 5. The molecule has 7 nitrogen and oxygen atoms in total. The van der Waals surface area contributed by atoms with Crippen LogP contribution >= 0.6 is 0 Å². The third-order valence-corrected chi connectivity index (χ3v) is 4.18. The third kappa shape index (κ3) is 2.40. The predicted molar refractivity (Wildman–Crippen MR) is 93.7 cm³/mol. The van der Waals surface area contributed by atoms with Crippen LogP contribution in [0.25, 0.3) is 22.3 Å². The van der Waals surface area contributed by atoms with Gasteiger partial charge in [-0.3, -0.25) is 4.79 Å². The lowest BCUT2D eigenvalue weighted by Crippen LogP contribution is -2.07. The summed E-state index contributed by atoms with van der Waals surface area (Å²) >= 11 is 0. The van der Waals surface area contributed by atoms with E-state index in [4.69, 9.17) is 28.1 Å². The van der Waals surface area contributed by atoms with Gasteiger partial charge < -0.3 is 28.1 Å². The van der Waals surface area contributed by atoms with E-state index in [9.17, 15) is 4.79 Å². The van der Waals surface area contributed by atoms with Crippen LogP contribution in [0.5, 0.6) is 28.7 Å². The molecule has 0 unspecified atom stereocenters. The fourth-order valence-electron chi connectivity index (χ4n) is 2.92. The number of rotatable bonds is 4. The molecular formula is C19H16O7. The lowest BCUT2D eigenvalue weighted by atomic mass is 10.1. The van der Waals surface area contributed by atoms with Gasteiger partial charge in [0.2, 0.25) is 23.7 Å². The second kappa shape index (κ2) is 6.18. The van der Waals surface area contributed by atoms with Gasteiger partial charge in [0.05, 0.1) is 26.7 Å². The zero-order valence-corrected chi connectivity index (χ0v) is 14.5. The molecule has 0 bridgehead atoms. The molecule has 0 radical (unpaired) electrons. The highest BCUT2D eigenvalue weighted by Crippen LogP contribution is 2.45. The predicted octanol–water partition coefficient (Wildman–Crippen LogP) is 3.21. The van der Waals surface area contributed by atoms with Crippen LogP contribution in [-0.2, 0) is 0 Å². The van der Waals surface area contributed by atoms with Gasteiger partial charge in [-0.15, -0.1) is 0 Å². The van der Waals surface area contributed by atoms with Crippen molar-refractivity contribution in [2.75, 3.05) is 28.1 Å². The van der Waals surface area contributed by atoms with Crippen molar-refractivity contribution < 1.29 is 28.1 Å². The zero-order chi connectivity index (χ0) is 18.3. The first-order valence-corrected chi connectivity index (χ1v) is 7.83. The molecule has 4 rings (SSSR count). The Bertz CT molecular complexity index is 1050. The fourth-order valence-corrected chi connectivity index (χ4v) is 2.92. The standard InChI is InChI=1S/C19H16O7/c1-21-11-4-5-12-13(8-11)26-17(19(23-3)16(12)20)10-6-14(22-2)18-15(7-10)24-9-25-18/h4-8H,9H2,1-3H3. The summed E-state index contributed by atoms with van der Waals surface area (Å²) in [6, 6.07) is 8.43. The Morgan fingerprint density at radius 1 is 0.962 bits per heavy atom. The number of methoxy groups -OCH3 is 3. The van der Waals surface area contributed by atoms with Gasteiger partial charge in [-0.05, 0) is 24.3 Å². The molecule has 0 spiro atoms. The molecule has 0 amide bonds. The van der Waals surface area contributed by atoms with Gasteiger partial charge in [-0.2, -0.15) is 0 Å². The monoisotopic (exact) mass is 356 g/mol. The largest absolute Gasteiger partial charge is 0.497 e. The van der Waals surface area contributed by atoms with Crippen molar-refractivity contribution in [2.45, 2.75) is 0 Å². The number of hydrogen-bond donors (Lipinski definition) is 0. The molecule has 134 valence electrons. The van der Waals surface area contributed by atoms with E-state index in [0.29, 0.717) is 39.5 Å².